The maximum Gasteiger partial charge on any atom is 0.305 e. The topological polar surface area (TPSA) is 108 Å². The largest absolute Gasteiger partial charge is 0.481 e. The maximum atomic E-state index is 12.1. The van der Waals surface area contributed by atoms with Crippen molar-refractivity contribution in [1.29, 1.82) is 0 Å². The third-order valence-electron chi connectivity index (χ3n) is 3.73. The van der Waals surface area contributed by atoms with Crippen LogP contribution in [0.15, 0.2) is 30.3 Å². The number of carbonyl (C=O) groups excluding carboxylic acids is 2. The SMILES string of the molecule is O=C(O)CCNC(=O)C1CC(NC(=O)c2ccccc2)CCN1. The Morgan fingerprint density at radius 2 is 1.96 bits per heavy atom. The Morgan fingerprint density at radius 3 is 2.65 bits per heavy atom. The second-order valence-electron chi connectivity index (χ2n) is 5.50. The van der Waals surface area contributed by atoms with E-state index >= 15 is 0 Å². The van der Waals surface area contributed by atoms with Gasteiger partial charge in [0.1, 0.15) is 0 Å². The van der Waals surface area contributed by atoms with Gasteiger partial charge in [-0.3, -0.25) is 14.4 Å². The molecule has 7 heteroatoms. The maximum absolute atomic E-state index is 12.1. The number of rotatable bonds is 6. The molecule has 4 N–H and O–H groups in total. The van der Waals surface area contributed by atoms with E-state index in [1.165, 1.54) is 0 Å². The van der Waals surface area contributed by atoms with Crippen molar-refractivity contribution >= 4 is 17.8 Å². The highest BCUT2D eigenvalue weighted by atomic mass is 16.4. The van der Waals surface area contributed by atoms with Crippen LogP contribution in [-0.2, 0) is 9.59 Å². The number of amides is 2. The van der Waals surface area contributed by atoms with Gasteiger partial charge < -0.3 is 21.1 Å². The van der Waals surface area contributed by atoms with Crippen LogP contribution in [0.1, 0.15) is 29.6 Å². The lowest BCUT2D eigenvalue weighted by atomic mass is 9.98. The van der Waals surface area contributed by atoms with E-state index in [0.717, 1.165) is 6.42 Å². The van der Waals surface area contributed by atoms with Crippen molar-refractivity contribution in [3.63, 3.8) is 0 Å². The molecule has 0 aromatic heterocycles. The zero-order valence-electron chi connectivity index (χ0n) is 12.7. The standard InChI is InChI=1S/C16H21N3O4/c20-14(21)7-9-18-16(23)13-10-12(6-8-17-13)19-15(22)11-4-2-1-3-5-11/h1-5,12-13,17H,6-10H2,(H,18,23)(H,19,22)(H,20,21). The molecule has 2 amide bonds. The van der Waals surface area contributed by atoms with Crippen LogP contribution in [0.2, 0.25) is 0 Å². The van der Waals surface area contributed by atoms with E-state index in [-0.39, 0.29) is 30.8 Å². The molecule has 1 fully saturated rings. The third kappa shape index (κ3) is 5.37. The highest BCUT2D eigenvalue weighted by Crippen LogP contribution is 2.10. The molecule has 0 saturated carbocycles. The Morgan fingerprint density at radius 1 is 1.22 bits per heavy atom. The summed E-state index contributed by atoms with van der Waals surface area (Å²) in [6.07, 6.45) is 1.13. The van der Waals surface area contributed by atoms with Gasteiger partial charge in [-0.1, -0.05) is 18.2 Å². The molecule has 1 heterocycles. The predicted molar refractivity (Wildman–Crippen MR) is 84.0 cm³/mol. The van der Waals surface area contributed by atoms with Crippen LogP contribution < -0.4 is 16.0 Å². The van der Waals surface area contributed by atoms with Gasteiger partial charge in [-0.05, 0) is 31.5 Å². The summed E-state index contributed by atoms with van der Waals surface area (Å²) in [6, 6.07) is 8.43. The van der Waals surface area contributed by atoms with Crippen molar-refractivity contribution in [2.45, 2.75) is 31.3 Å². The summed E-state index contributed by atoms with van der Waals surface area (Å²) in [7, 11) is 0. The molecular weight excluding hydrogens is 298 g/mol. The van der Waals surface area contributed by atoms with Gasteiger partial charge in [-0.2, -0.15) is 0 Å². The van der Waals surface area contributed by atoms with Crippen molar-refractivity contribution in [2.75, 3.05) is 13.1 Å². The number of nitrogens with one attached hydrogen (secondary N) is 3. The average molecular weight is 319 g/mol. The molecule has 2 rings (SSSR count). The Labute approximate surface area is 134 Å². The molecule has 2 unspecified atom stereocenters. The molecule has 0 spiro atoms. The van der Waals surface area contributed by atoms with Crippen LogP contribution in [-0.4, -0.2) is 48.1 Å². The fourth-order valence-electron chi connectivity index (χ4n) is 2.52. The molecule has 124 valence electrons. The van der Waals surface area contributed by atoms with E-state index in [0.29, 0.717) is 18.5 Å². The quantitative estimate of drug-likeness (QED) is 0.596. The zero-order valence-corrected chi connectivity index (χ0v) is 12.7. The highest BCUT2D eigenvalue weighted by molar-refractivity contribution is 5.94. The van der Waals surface area contributed by atoms with Gasteiger partial charge in [-0.25, -0.2) is 0 Å². The molecule has 7 nitrogen and oxygen atoms in total. The van der Waals surface area contributed by atoms with E-state index in [4.69, 9.17) is 5.11 Å². The van der Waals surface area contributed by atoms with Crippen LogP contribution >= 0.6 is 0 Å². The molecule has 1 aliphatic rings. The van der Waals surface area contributed by atoms with Gasteiger partial charge in [-0.15, -0.1) is 0 Å². The molecule has 23 heavy (non-hydrogen) atoms. The minimum atomic E-state index is -0.949. The Balaban J connectivity index is 1.82. The van der Waals surface area contributed by atoms with Crippen LogP contribution in [0, 0.1) is 0 Å². The van der Waals surface area contributed by atoms with Crippen LogP contribution in [0.4, 0.5) is 0 Å². The molecular formula is C16H21N3O4. The van der Waals surface area contributed by atoms with E-state index in [2.05, 4.69) is 16.0 Å². The normalized spacial score (nSPS) is 20.5. The Hall–Kier alpha value is -2.41. The van der Waals surface area contributed by atoms with Crippen molar-refractivity contribution in [1.82, 2.24) is 16.0 Å². The number of aliphatic carboxylic acids is 1. The minimum Gasteiger partial charge on any atom is -0.481 e. The molecule has 0 radical (unpaired) electrons. The van der Waals surface area contributed by atoms with Gasteiger partial charge >= 0.3 is 5.97 Å². The monoisotopic (exact) mass is 319 g/mol. The highest BCUT2D eigenvalue weighted by Gasteiger charge is 2.27. The van der Waals surface area contributed by atoms with Crippen molar-refractivity contribution in [2.24, 2.45) is 0 Å². The van der Waals surface area contributed by atoms with E-state index in [9.17, 15) is 14.4 Å². The minimum absolute atomic E-state index is 0.0841. The van der Waals surface area contributed by atoms with E-state index in [1.807, 2.05) is 6.07 Å². The number of carboxylic acids is 1. The first-order chi connectivity index (χ1) is 11.1. The summed E-state index contributed by atoms with van der Waals surface area (Å²) < 4.78 is 0. The van der Waals surface area contributed by atoms with Crippen LogP contribution in [0.25, 0.3) is 0 Å². The summed E-state index contributed by atoms with van der Waals surface area (Å²) in [6.45, 7) is 0.726. The second kappa shape index (κ2) is 8.28. The first kappa shape index (κ1) is 17.0. The number of hydrogen-bond donors (Lipinski definition) is 4. The summed E-state index contributed by atoms with van der Waals surface area (Å²) in [4.78, 5) is 34.6. The lowest BCUT2D eigenvalue weighted by Crippen LogP contribution is -2.53. The van der Waals surface area contributed by atoms with Crippen LogP contribution in [0.5, 0.6) is 0 Å². The second-order valence-corrected chi connectivity index (χ2v) is 5.50. The van der Waals surface area contributed by atoms with E-state index < -0.39 is 12.0 Å². The van der Waals surface area contributed by atoms with Crippen molar-refractivity contribution in [3.05, 3.63) is 35.9 Å². The summed E-state index contributed by atoms with van der Waals surface area (Å²) in [5.41, 5.74) is 0.591. The van der Waals surface area contributed by atoms with Crippen LogP contribution in [0.3, 0.4) is 0 Å². The molecule has 0 aliphatic carbocycles. The summed E-state index contributed by atoms with van der Waals surface area (Å²) in [5.74, 6) is -1.33. The zero-order chi connectivity index (χ0) is 16.7. The Bertz CT molecular complexity index is 562. The number of piperidine rings is 1. The molecule has 1 aliphatic heterocycles. The smallest absolute Gasteiger partial charge is 0.305 e. The number of benzene rings is 1. The lowest BCUT2D eigenvalue weighted by molar-refractivity contribution is -0.137. The van der Waals surface area contributed by atoms with Crippen molar-refractivity contribution < 1.29 is 19.5 Å². The Kier molecular flexibility index (Phi) is 6.10. The average Bonchev–Trinajstić information content (AvgIpc) is 2.55. The third-order valence-corrected chi connectivity index (χ3v) is 3.73. The first-order valence-corrected chi connectivity index (χ1v) is 7.65. The van der Waals surface area contributed by atoms with Gasteiger partial charge in [0, 0.05) is 18.2 Å². The van der Waals surface area contributed by atoms with Gasteiger partial charge in [0.05, 0.1) is 12.5 Å². The fraction of sp³-hybridized carbons (Fsp3) is 0.438. The van der Waals surface area contributed by atoms with E-state index in [1.54, 1.807) is 24.3 Å². The summed E-state index contributed by atoms with van der Waals surface area (Å²) in [5, 5.41) is 17.2. The molecule has 0 bridgehead atoms. The molecule has 1 aromatic carbocycles. The number of carboxylic acid groups (broad SMARTS) is 1. The van der Waals surface area contributed by atoms with Gasteiger partial charge in [0.15, 0.2) is 0 Å². The number of carbonyl (C=O) groups is 3. The predicted octanol–water partition coefficient (Wildman–Crippen LogP) is 0.128. The molecule has 1 aromatic rings. The first-order valence-electron chi connectivity index (χ1n) is 7.65. The lowest BCUT2D eigenvalue weighted by Gasteiger charge is -2.30. The van der Waals surface area contributed by atoms with Crippen molar-refractivity contribution in [3.8, 4) is 0 Å². The summed E-state index contributed by atoms with van der Waals surface area (Å²) >= 11 is 0. The van der Waals surface area contributed by atoms with Gasteiger partial charge in [0.2, 0.25) is 5.91 Å². The molecule has 2 atom stereocenters. The fourth-order valence-corrected chi connectivity index (χ4v) is 2.52. The number of hydrogen-bond acceptors (Lipinski definition) is 4. The van der Waals surface area contributed by atoms with Gasteiger partial charge in [0.25, 0.3) is 5.91 Å². The molecule has 1 saturated heterocycles.